The molecule has 1 atom stereocenters. The highest BCUT2D eigenvalue weighted by Gasteiger charge is 2.19. The normalized spacial score (nSPS) is 11.6. The summed E-state index contributed by atoms with van der Waals surface area (Å²) in [6, 6.07) is 16.2. The summed E-state index contributed by atoms with van der Waals surface area (Å²) < 4.78 is 19.2. The summed E-state index contributed by atoms with van der Waals surface area (Å²) in [5.41, 5.74) is 1.14. The van der Waals surface area contributed by atoms with E-state index in [-0.39, 0.29) is 5.82 Å². The maximum Gasteiger partial charge on any atom is 0.338 e. The number of hydrogen-bond acceptors (Lipinski definition) is 4. The Hall–Kier alpha value is -2.26. The maximum atomic E-state index is 13.2. The first-order chi connectivity index (χ1) is 13.0. The molecule has 27 heavy (non-hydrogen) atoms. The summed E-state index contributed by atoms with van der Waals surface area (Å²) in [7, 11) is 0. The first-order valence-corrected chi connectivity index (χ1v) is 9.99. The molecule has 1 amide bonds. The molecule has 4 nitrogen and oxygen atoms in total. The summed E-state index contributed by atoms with van der Waals surface area (Å²) in [5, 5.41) is 4.74. The van der Waals surface area contributed by atoms with Gasteiger partial charge < -0.3 is 10.1 Å². The van der Waals surface area contributed by atoms with Gasteiger partial charge in [0.15, 0.2) is 6.61 Å². The number of amides is 1. The molecule has 3 aromatic rings. The van der Waals surface area contributed by atoms with Gasteiger partial charge in [0.2, 0.25) is 0 Å². The van der Waals surface area contributed by atoms with E-state index in [0.29, 0.717) is 5.56 Å². The van der Waals surface area contributed by atoms with Gasteiger partial charge >= 0.3 is 5.97 Å². The number of thiophene rings is 1. The molecule has 1 heterocycles. The van der Waals surface area contributed by atoms with Gasteiger partial charge in [-0.05, 0) is 69.9 Å². The monoisotopic (exact) mass is 495 g/mol. The molecule has 1 N–H and O–H groups in total. The second-order valence-electron chi connectivity index (χ2n) is 5.65. The smallest absolute Gasteiger partial charge is 0.338 e. The number of rotatable bonds is 6. The number of halogens is 2. The predicted octanol–water partition coefficient (Wildman–Crippen LogP) is 4.55. The fourth-order valence-corrected chi connectivity index (χ4v) is 3.81. The van der Waals surface area contributed by atoms with E-state index in [2.05, 4.69) is 27.9 Å². The Bertz CT molecular complexity index is 929. The van der Waals surface area contributed by atoms with Gasteiger partial charge in [-0.15, -0.1) is 11.3 Å². The van der Waals surface area contributed by atoms with Gasteiger partial charge in [0.1, 0.15) is 5.82 Å². The van der Waals surface area contributed by atoms with Crippen molar-refractivity contribution in [1.82, 2.24) is 5.32 Å². The van der Waals surface area contributed by atoms with Crippen LogP contribution in [0.3, 0.4) is 0 Å². The number of nitrogens with one attached hydrogen (secondary N) is 1. The molecule has 0 saturated carbocycles. The van der Waals surface area contributed by atoms with Crippen LogP contribution in [0.4, 0.5) is 4.39 Å². The molecule has 7 heteroatoms. The van der Waals surface area contributed by atoms with Crippen LogP contribution < -0.4 is 5.32 Å². The minimum Gasteiger partial charge on any atom is -0.452 e. The Morgan fingerprint density at radius 2 is 1.89 bits per heavy atom. The van der Waals surface area contributed by atoms with Crippen LogP contribution in [0.1, 0.15) is 26.8 Å². The molecule has 0 aliphatic carbocycles. The fourth-order valence-electron chi connectivity index (χ4n) is 2.46. The van der Waals surface area contributed by atoms with E-state index in [1.807, 2.05) is 23.6 Å². The molecule has 0 bridgehead atoms. The molecular formula is C20H15FINO3S. The first-order valence-electron chi connectivity index (χ1n) is 8.04. The summed E-state index contributed by atoms with van der Waals surface area (Å²) in [6.45, 7) is -0.395. The SMILES string of the molecule is O=C(COC(=O)c1cccc(I)c1)NC(c1ccc(F)cc1)c1cccs1. The molecule has 0 aliphatic heterocycles. The van der Waals surface area contributed by atoms with Gasteiger partial charge in [0.05, 0.1) is 11.6 Å². The lowest BCUT2D eigenvalue weighted by molar-refractivity contribution is -0.124. The largest absolute Gasteiger partial charge is 0.452 e. The third-order valence-electron chi connectivity index (χ3n) is 3.73. The molecule has 2 aromatic carbocycles. The van der Waals surface area contributed by atoms with E-state index >= 15 is 0 Å². The Morgan fingerprint density at radius 1 is 1.11 bits per heavy atom. The second-order valence-corrected chi connectivity index (χ2v) is 7.88. The van der Waals surface area contributed by atoms with E-state index in [9.17, 15) is 14.0 Å². The Balaban J connectivity index is 1.66. The molecule has 3 rings (SSSR count). The van der Waals surface area contributed by atoms with Crippen LogP contribution in [-0.4, -0.2) is 18.5 Å². The van der Waals surface area contributed by atoms with Crippen molar-refractivity contribution >= 4 is 45.8 Å². The molecule has 0 spiro atoms. The Labute approximate surface area is 173 Å². The number of esters is 1. The zero-order chi connectivity index (χ0) is 19.2. The number of benzene rings is 2. The van der Waals surface area contributed by atoms with Crippen LogP contribution in [0, 0.1) is 9.39 Å². The third-order valence-corrected chi connectivity index (χ3v) is 5.34. The maximum absolute atomic E-state index is 13.2. The van der Waals surface area contributed by atoms with Gasteiger partial charge in [0.25, 0.3) is 5.91 Å². The number of carbonyl (C=O) groups excluding carboxylic acids is 2. The summed E-state index contributed by atoms with van der Waals surface area (Å²) in [6.07, 6.45) is 0. The number of carbonyl (C=O) groups is 2. The highest BCUT2D eigenvalue weighted by Crippen LogP contribution is 2.26. The molecule has 0 aliphatic rings. The average Bonchev–Trinajstić information content (AvgIpc) is 3.19. The topological polar surface area (TPSA) is 55.4 Å². The van der Waals surface area contributed by atoms with Gasteiger partial charge in [-0.2, -0.15) is 0 Å². The van der Waals surface area contributed by atoms with Crippen LogP contribution >= 0.6 is 33.9 Å². The third kappa shape index (κ3) is 5.36. The van der Waals surface area contributed by atoms with Gasteiger partial charge in [0, 0.05) is 8.45 Å². The van der Waals surface area contributed by atoms with Crippen molar-refractivity contribution in [3.8, 4) is 0 Å². The molecule has 1 aromatic heterocycles. The zero-order valence-electron chi connectivity index (χ0n) is 14.0. The lowest BCUT2D eigenvalue weighted by atomic mass is 10.1. The van der Waals surface area contributed by atoms with E-state index < -0.39 is 24.5 Å². The van der Waals surface area contributed by atoms with Crippen molar-refractivity contribution in [2.45, 2.75) is 6.04 Å². The molecule has 1 unspecified atom stereocenters. The van der Waals surface area contributed by atoms with Crippen LogP contribution in [0.25, 0.3) is 0 Å². The minimum absolute atomic E-state index is 0.346. The Morgan fingerprint density at radius 3 is 2.56 bits per heavy atom. The van der Waals surface area contributed by atoms with Crippen LogP contribution in [0.5, 0.6) is 0 Å². The lowest BCUT2D eigenvalue weighted by Gasteiger charge is -2.18. The summed E-state index contributed by atoms with van der Waals surface area (Å²) >= 11 is 3.58. The lowest BCUT2D eigenvalue weighted by Crippen LogP contribution is -2.32. The second kappa shape index (κ2) is 9.09. The van der Waals surface area contributed by atoms with Crippen molar-refractivity contribution in [3.63, 3.8) is 0 Å². The highest BCUT2D eigenvalue weighted by molar-refractivity contribution is 14.1. The van der Waals surface area contributed by atoms with Crippen LogP contribution in [0.15, 0.2) is 66.0 Å². The van der Waals surface area contributed by atoms with Crippen LogP contribution in [0.2, 0.25) is 0 Å². The zero-order valence-corrected chi connectivity index (χ0v) is 17.0. The standard InChI is InChI=1S/C20H15FINO3S/c21-15-8-6-13(7-9-15)19(17-5-2-10-27-17)23-18(24)12-26-20(25)14-3-1-4-16(22)11-14/h1-11,19H,12H2,(H,23,24). The fraction of sp³-hybridized carbons (Fsp3) is 0.100. The van der Waals surface area contributed by atoms with E-state index in [1.165, 1.54) is 23.5 Å². The van der Waals surface area contributed by atoms with E-state index in [1.54, 1.807) is 30.3 Å². The summed E-state index contributed by atoms with van der Waals surface area (Å²) in [5.74, 6) is -1.34. The molecule has 138 valence electrons. The van der Waals surface area contributed by atoms with Gasteiger partial charge in [-0.25, -0.2) is 9.18 Å². The van der Waals surface area contributed by atoms with Gasteiger partial charge in [-0.1, -0.05) is 24.3 Å². The molecule has 0 fully saturated rings. The van der Waals surface area contributed by atoms with Crippen molar-refractivity contribution in [2.24, 2.45) is 0 Å². The minimum atomic E-state index is -0.557. The van der Waals surface area contributed by atoms with Crippen molar-refractivity contribution in [1.29, 1.82) is 0 Å². The quantitative estimate of drug-likeness (QED) is 0.403. The summed E-state index contributed by atoms with van der Waals surface area (Å²) in [4.78, 5) is 25.3. The van der Waals surface area contributed by atoms with E-state index in [4.69, 9.17) is 4.74 Å². The number of ether oxygens (including phenoxy) is 1. The average molecular weight is 495 g/mol. The van der Waals surface area contributed by atoms with Gasteiger partial charge in [-0.3, -0.25) is 4.79 Å². The van der Waals surface area contributed by atoms with Crippen molar-refractivity contribution in [3.05, 3.63) is 91.4 Å². The van der Waals surface area contributed by atoms with Crippen molar-refractivity contribution < 1.29 is 18.7 Å². The Kier molecular flexibility index (Phi) is 6.57. The first kappa shape index (κ1) is 19.5. The molecular weight excluding hydrogens is 480 g/mol. The van der Waals surface area contributed by atoms with Crippen LogP contribution in [-0.2, 0) is 9.53 Å². The van der Waals surface area contributed by atoms with E-state index in [0.717, 1.165) is 14.0 Å². The highest BCUT2D eigenvalue weighted by atomic mass is 127. The number of hydrogen-bond donors (Lipinski definition) is 1. The molecule has 0 saturated heterocycles. The predicted molar refractivity (Wildman–Crippen MR) is 110 cm³/mol. The van der Waals surface area contributed by atoms with Crippen molar-refractivity contribution in [2.75, 3.05) is 6.61 Å². The molecule has 0 radical (unpaired) electrons.